The number of amides is 1. The van der Waals surface area contributed by atoms with Crippen molar-refractivity contribution in [1.82, 2.24) is 0 Å². The Morgan fingerprint density at radius 3 is 2.17 bits per heavy atom. The van der Waals surface area contributed by atoms with Crippen molar-refractivity contribution in [1.29, 1.82) is 0 Å². The first-order chi connectivity index (χ1) is 11.0. The van der Waals surface area contributed by atoms with Crippen molar-refractivity contribution in [2.45, 2.75) is 13.0 Å². The van der Waals surface area contributed by atoms with E-state index in [9.17, 15) is 9.59 Å². The molecule has 0 saturated heterocycles. The van der Waals surface area contributed by atoms with Crippen molar-refractivity contribution < 1.29 is 14.3 Å². The molecule has 0 aliphatic heterocycles. The fraction of sp³-hybridized carbons (Fsp3) is 0.222. The van der Waals surface area contributed by atoms with Crippen molar-refractivity contribution >= 4 is 23.3 Å². The first-order valence-corrected chi connectivity index (χ1v) is 7.31. The van der Waals surface area contributed by atoms with Gasteiger partial charge in [0.25, 0.3) is 5.91 Å². The maximum atomic E-state index is 12.1. The van der Waals surface area contributed by atoms with Gasteiger partial charge in [0.05, 0.1) is 5.56 Å². The lowest BCUT2D eigenvalue weighted by Gasteiger charge is -2.15. The lowest BCUT2D eigenvalue weighted by Crippen LogP contribution is -2.30. The van der Waals surface area contributed by atoms with E-state index in [0.717, 1.165) is 5.69 Å². The molecule has 0 unspecified atom stereocenters. The average Bonchev–Trinajstić information content (AvgIpc) is 2.56. The van der Waals surface area contributed by atoms with Crippen LogP contribution in [-0.2, 0) is 9.53 Å². The van der Waals surface area contributed by atoms with Crippen molar-refractivity contribution in [2.75, 3.05) is 24.3 Å². The zero-order chi connectivity index (χ0) is 16.8. The van der Waals surface area contributed by atoms with Crippen LogP contribution in [0.2, 0.25) is 0 Å². The zero-order valence-electron chi connectivity index (χ0n) is 13.4. The molecule has 2 aromatic rings. The van der Waals surface area contributed by atoms with Crippen LogP contribution < -0.4 is 10.2 Å². The number of ether oxygens (including phenoxy) is 1. The third kappa shape index (κ3) is 4.57. The van der Waals surface area contributed by atoms with Crippen LogP contribution in [0.1, 0.15) is 17.3 Å². The predicted octanol–water partition coefficient (Wildman–Crippen LogP) is 2.94. The summed E-state index contributed by atoms with van der Waals surface area (Å²) in [6.07, 6.45) is -0.878. The van der Waals surface area contributed by atoms with E-state index < -0.39 is 12.1 Å². The third-order valence-electron chi connectivity index (χ3n) is 3.31. The van der Waals surface area contributed by atoms with Gasteiger partial charge in [-0.3, -0.25) is 4.79 Å². The minimum absolute atomic E-state index is 0.369. The number of esters is 1. The van der Waals surface area contributed by atoms with Gasteiger partial charge in [-0.2, -0.15) is 0 Å². The second-order valence-corrected chi connectivity index (χ2v) is 5.34. The maximum Gasteiger partial charge on any atom is 0.338 e. The summed E-state index contributed by atoms with van der Waals surface area (Å²) < 4.78 is 5.17. The summed E-state index contributed by atoms with van der Waals surface area (Å²) in [6.45, 7) is 1.55. The lowest BCUT2D eigenvalue weighted by atomic mass is 10.2. The van der Waals surface area contributed by atoms with Crippen LogP contribution >= 0.6 is 0 Å². The van der Waals surface area contributed by atoms with Gasteiger partial charge in [0, 0.05) is 25.5 Å². The highest BCUT2D eigenvalue weighted by atomic mass is 16.5. The molecule has 0 fully saturated rings. The van der Waals surface area contributed by atoms with Crippen molar-refractivity contribution in [3.05, 3.63) is 60.2 Å². The SMILES string of the molecule is C[C@@H](OC(=O)c1ccccc1)C(=O)Nc1ccc(N(C)C)cc1. The largest absolute Gasteiger partial charge is 0.449 e. The van der Waals surface area contributed by atoms with Gasteiger partial charge in [-0.1, -0.05) is 18.2 Å². The molecule has 0 aliphatic rings. The summed E-state index contributed by atoms with van der Waals surface area (Å²) in [7, 11) is 3.89. The molecule has 0 aliphatic carbocycles. The minimum Gasteiger partial charge on any atom is -0.449 e. The number of carbonyl (C=O) groups is 2. The number of nitrogens with zero attached hydrogens (tertiary/aromatic N) is 1. The van der Waals surface area contributed by atoms with Gasteiger partial charge in [0.2, 0.25) is 0 Å². The molecule has 1 atom stereocenters. The molecule has 5 nitrogen and oxygen atoms in total. The highest BCUT2D eigenvalue weighted by molar-refractivity contribution is 5.97. The summed E-state index contributed by atoms with van der Waals surface area (Å²) in [6, 6.07) is 16.0. The fourth-order valence-corrected chi connectivity index (χ4v) is 1.94. The molecule has 0 aromatic heterocycles. The fourth-order valence-electron chi connectivity index (χ4n) is 1.94. The van der Waals surface area contributed by atoms with Crippen molar-refractivity contribution in [3.63, 3.8) is 0 Å². The second kappa shape index (κ2) is 7.45. The highest BCUT2D eigenvalue weighted by Crippen LogP contribution is 2.16. The van der Waals surface area contributed by atoms with Crippen LogP contribution in [0.3, 0.4) is 0 Å². The molecule has 0 radical (unpaired) electrons. The molecule has 0 heterocycles. The first kappa shape index (κ1) is 16.5. The number of hydrogen-bond donors (Lipinski definition) is 1. The lowest BCUT2D eigenvalue weighted by molar-refractivity contribution is -0.123. The summed E-state index contributed by atoms with van der Waals surface area (Å²) >= 11 is 0. The van der Waals surface area contributed by atoms with Gasteiger partial charge in [-0.25, -0.2) is 4.79 Å². The summed E-state index contributed by atoms with van der Waals surface area (Å²) in [5, 5.41) is 2.73. The normalized spacial score (nSPS) is 11.4. The van der Waals surface area contributed by atoms with Crippen LogP contribution in [0, 0.1) is 0 Å². The van der Waals surface area contributed by atoms with Gasteiger partial charge in [-0.05, 0) is 43.3 Å². The summed E-state index contributed by atoms with van der Waals surface area (Å²) in [5.74, 6) is -0.886. The number of hydrogen-bond acceptors (Lipinski definition) is 4. The van der Waals surface area contributed by atoms with Gasteiger partial charge < -0.3 is 15.0 Å². The predicted molar refractivity (Wildman–Crippen MR) is 90.7 cm³/mol. The number of anilines is 2. The Morgan fingerprint density at radius 1 is 1.00 bits per heavy atom. The van der Waals surface area contributed by atoms with Crippen LogP contribution in [0.15, 0.2) is 54.6 Å². The summed E-state index contributed by atoms with van der Waals surface area (Å²) in [5.41, 5.74) is 2.11. The van der Waals surface area contributed by atoms with Crippen molar-refractivity contribution in [2.24, 2.45) is 0 Å². The number of rotatable bonds is 5. The monoisotopic (exact) mass is 312 g/mol. The topological polar surface area (TPSA) is 58.6 Å². The van der Waals surface area contributed by atoms with Gasteiger partial charge >= 0.3 is 5.97 Å². The molecule has 0 saturated carbocycles. The average molecular weight is 312 g/mol. The van der Waals surface area contributed by atoms with Crippen LogP contribution in [0.25, 0.3) is 0 Å². The first-order valence-electron chi connectivity index (χ1n) is 7.31. The Kier molecular flexibility index (Phi) is 5.36. The Hall–Kier alpha value is -2.82. The van der Waals surface area contributed by atoms with E-state index in [1.807, 2.05) is 37.2 Å². The maximum absolute atomic E-state index is 12.1. The second-order valence-electron chi connectivity index (χ2n) is 5.34. The Bertz CT molecular complexity index is 666. The van der Waals surface area contributed by atoms with Crippen LogP contribution in [-0.4, -0.2) is 32.1 Å². The van der Waals surface area contributed by atoms with E-state index >= 15 is 0 Å². The Morgan fingerprint density at radius 2 is 1.61 bits per heavy atom. The molecule has 1 N–H and O–H groups in total. The smallest absolute Gasteiger partial charge is 0.338 e. The quantitative estimate of drug-likeness (QED) is 0.862. The van der Waals surface area contributed by atoms with E-state index in [0.29, 0.717) is 11.3 Å². The molecular formula is C18H20N2O3. The molecule has 0 bridgehead atoms. The standard InChI is InChI=1S/C18H20N2O3/c1-13(23-18(22)14-7-5-4-6-8-14)17(21)19-15-9-11-16(12-10-15)20(2)3/h4-13H,1-3H3,(H,19,21)/t13-/m1/s1. The summed E-state index contributed by atoms with van der Waals surface area (Å²) in [4.78, 5) is 26.0. The molecule has 23 heavy (non-hydrogen) atoms. The minimum atomic E-state index is -0.878. The van der Waals surface area contributed by atoms with Gasteiger partial charge in [0.15, 0.2) is 6.10 Å². The van der Waals surface area contributed by atoms with E-state index in [4.69, 9.17) is 4.74 Å². The van der Waals surface area contributed by atoms with E-state index in [1.54, 1.807) is 43.3 Å². The molecular weight excluding hydrogens is 292 g/mol. The number of benzene rings is 2. The molecule has 2 rings (SSSR count). The van der Waals surface area contributed by atoms with Gasteiger partial charge in [-0.15, -0.1) is 0 Å². The molecule has 120 valence electrons. The van der Waals surface area contributed by atoms with Crippen LogP contribution in [0.5, 0.6) is 0 Å². The highest BCUT2D eigenvalue weighted by Gasteiger charge is 2.18. The van der Waals surface area contributed by atoms with Gasteiger partial charge in [0.1, 0.15) is 0 Å². The molecule has 0 spiro atoms. The Balaban J connectivity index is 1.93. The third-order valence-corrected chi connectivity index (χ3v) is 3.31. The molecule has 1 amide bonds. The van der Waals surface area contributed by atoms with E-state index in [2.05, 4.69) is 5.32 Å². The Labute approximate surface area is 135 Å². The molecule has 5 heteroatoms. The van der Waals surface area contributed by atoms with Crippen LogP contribution in [0.4, 0.5) is 11.4 Å². The van der Waals surface area contributed by atoms with E-state index in [-0.39, 0.29) is 5.91 Å². The van der Waals surface area contributed by atoms with E-state index in [1.165, 1.54) is 0 Å². The van der Waals surface area contributed by atoms with Crippen molar-refractivity contribution in [3.8, 4) is 0 Å². The number of carbonyl (C=O) groups excluding carboxylic acids is 2. The molecule has 2 aromatic carbocycles. The zero-order valence-corrected chi connectivity index (χ0v) is 13.4. The number of nitrogens with one attached hydrogen (secondary N) is 1.